The predicted molar refractivity (Wildman–Crippen MR) is 128 cm³/mol. The van der Waals surface area contributed by atoms with Crippen LogP contribution in [-0.4, -0.2) is 9.97 Å². The number of nitrogens with one attached hydrogen (secondary N) is 1. The number of hydrogen-bond donors (Lipinski definition) is 1. The molecule has 5 rings (SSSR count). The minimum atomic E-state index is -0.311. The van der Waals surface area contributed by atoms with Crippen molar-refractivity contribution in [2.45, 2.75) is 6.61 Å². The first-order valence-electron chi connectivity index (χ1n) is 9.99. The highest BCUT2D eigenvalue weighted by molar-refractivity contribution is 7.18. The maximum Gasteiger partial charge on any atom is 0.151 e. The first kappa shape index (κ1) is 21.3. The normalized spacial score (nSPS) is 11.0. The van der Waals surface area contributed by atoms with Gasteiger partial charge in [-0.2, -0.15) is 0 Å². The van der Waals surface area contributed by atoms with Gasteiger partial charge in [-0.1, -0.05) is 35.9 Å². The number of hydrogen-bond acceptors (Lipinski definition) is 5. The Kier molecular flexibility index (Phi) is 5.90. The van der Waals surface area contributed by atoms with Crippen LogP contribution >= 0.6 is 22.9 Å². The summed E-state index contributed by atoms with van der Waals surface area (Å²) in [5.41, 5.74) is 4.03. The van der Waals surface area contributed by atoms with Gasteiger partial charge in [0.15, 0.2) is 5.82 Å². The third-order valence-corrected chi connectivity index (χ3v) is 6.26. The second kappa shape index (κ2) is 9.13. The summed E-state index contributed by atoms with van der Waals surface area (Å²) in [6.45, 7) is 0.206. The summed E-state index contributed by atoms with van der Waals surface area (Å²) in [5.74, 6) is 0.543. The van der Waals surface area contributed by atoms with Crippen molar-refractivity contribution in [2.24, 2.45) is 0 Å². The van der Waals surface area contributed by atoms with Crippen molar-refractivity contribution >= 4 is 44.7 Å². The smallest absolute Gasteiger partial charge is 0.151 e. The summed E-state index contributed by atoms with van der Waals surface area (Å²) in [6, 6.07) is 17.9. The molecule has 0 saturated carbocycles. The van der Waals surface area contributed by atoms with Gasteiger partial charge in [-0.3, -0.25) is 0 Å². The van der Waals surface area contributed by atoms with Crippen LogP contribution in [0.2, 0.25) is 5.02 Å². The molecule has 164 valence electrons. The molecule has 0 aliphatic heterocycles. The minimum Gasteiger partial charge on any atom is -0.487 e. The summed E-state index contributed by atoms with van der Waals surface area (Å²) in [5, 5.41) is 5.68. The molecule has 2 heterocycles. The van der Waals surface area contributed by atoms with E-state index in [-0.39, 0.29) is 18.2 Å². The standard InChI is InChI=1S/C25H16ClF2N3OS/c26-21-11-19(8-9-22(21)32-12-15-2-1-3-18(28)10-15)31-25-24-23(29-14-30-25)20(13-33-24)16-4-6-17(27)7-5-16/h1-11,13-14H,12H2,(H,29,30,31). The van der Waals surface area contributed by atoms with Crippen molar-refractivity contribution < 1.29 is 13.5 Å². The van der Waals surface area contributed by atoms with Crippen LogP contribution in [0.4, 0.5) is 20.3 Å². The van der Waals surface area contributed by atoms with E-state index in [1.54, 1.807) is 36.4 Å². The van der Waals surface area contributed by atoms with Gasteiger partial charge in [0.05, 0.1) is 15.2 Å². The summed E-state index contributed by atoms with van der Waals surface area (Å²) >= 11 is 7.91. The molecule has 0 fully saturated rings. The van der Waals surface area contributed by atoms with Gasteiger partial charge in [0.1, 0.15) is 30.3 Å². The van der Waals surface area contributed by atoms with Crippen LogP contribution in [0.25, 0.3) is 21.3 Å². The zero-order chi connectivity index (χ0) is 22.8. The molecule has 1 N–H and O–H groups in total. The van der Waals surface area contributed by atoms with Crippen molar-refractivity contribution in [1.82, 2.24) is 9.97 Å². The Morgan fingerprint density at radius 2 is 1.79 bits per heavy atom. The number of ether oxygens (including phenoxy) is 1. The highest BCUT2D eigenvalue weighted by Gasteiger charge is 2.13. The Balaban J connectivity index is 1.36. The Hall–Kier alpha value is -3.55. The molecule has 0 spiro atoms. The van der Waals surface area contributed by atoms with Gasteiger partial charge in [0, 0.05) is 16.6 Å². The fourth-order valence-corrected chi connectivity index (χ4v) is 4.60. The minimum absolute atomic E-state index is 0.206. The maximum atomic E-state index is 13.3. The Labute approximate surface area is 197 Å². The molecule has 2 aromatic heterocycles. The molecule has 0 aliphatic rings. The predicted octanol–water partition coefficient (Wildman–Crippen LogP) is 7.61. The second-order valence-corrected chi connectivity index (χ2v) is 8.53. The molecule has 0 atom stereocenters. The fourth-order valence-electron chi connectivity index (χ4n) is 3.39. The quantitative estimate of drug-likeness (QED) is 0.272. The molecule has 0 amide bonds. The van der Waals surface area contributed by atoms with Crippen LogP contribution in [0, 0.1) is 11.6 Å². The summed E-state index contributed by atoms with van der Waals surface area (Å²) < 4.78 is 33.2. The van der Waals surface area contributed by atoms with E-state index in [0.29, 0.717) is 22.2 Å². The van der Waals surface area contributed by atoms with Crippen LogP contribution in [0.15, 0.2) is 78.4 Å². The van der Waals surface area contributed by atoms with E-state index in [1.165, 1.54) is 41.9 Å². The molecule has 33 heavy (non-hydrogen) atoms. The number of thiophene rings is 1. The Bertz CT molecular complexity index is 1440. The van der Waals surface area contributed by atoms with Crippen LogP contribution < -0.4 is 10.1 Å². The molecule has 0 bridgehead atoms. The lowest BCUT2D eigenvalue weighted by molar-refractivity contribution is 0.306. The molecule has 4 nitrogen and oxygen atoms in total. The average molecular weight is 480 g/mol. The van der Waals surface area contributed by atoms with Crippen molar-refractivity contribution in [2.75, 3.05) is 5.32 Å². The number of nitrogens with zero attached hydrogens (tertiary/aromatic N) is 2. The van der Waals surface area contributed by atoms with Crippen molar-refractivity contribution in [3.8, 4) is 16.9 Å². The van der Waals surface area contributed by atoms with Gasteiger partial charge in [0.25, 0.3) is 0 Å². The fraction of sp³-hybridized carbons (Fsp3) is 0.0400. The Morgan fingerprint density at radius 1 is 0.939 bits per heavy atom. The van der Waals surface area contributed by atoms with Crippen LogP contribution in [0.3, 0.4) is 0 Å². The zero-order valence-electron chi connectivity index (χ0n) is 17.1. The SMILES string of the molecule is Fc1ccc(-c2csc3c(Nc4ccc(OCc5cccc(F)c5)c(Cl)c4)ncnc23)cc1. The number of anilines is 2. The van der Waals surface area contributed by atoms with Crippen LogP contribution in [0.5, 0.6) is 5.75 Å². The van der Waals surface area contributed by atoms with Crippen LogP contribution in [0.1, 0.15) is 5.56 Å². The average Bonchev–Trinajstić information content (AvgIpc) is 3.24. The van der Waals surface area contributed by atoms with Gasteiger partial charge in [-0.25, -0.2) is 18.7 Å². The van der Waals surface area contributed by atoms with E-state index in [4.69, 9.17) is 16.3 Å². The molecule has 0 saturated heterocycles. The van der Waals surface area contributed by atoms with Crippen molar-refractivity contribution in [1.29, 1.82) is 0 Å². The summed E-state index contributed by atoms with van der Waals surface area (Å²) in [4.78, 5) is 8.80. The zero-order valence-corrected chi connectivity index (χ0v) is 18.6. The first-order valence-corrected chi connectivity index (χ1v) is 11.2. The van der Waals surface area contributed by atoms with Gasteiger partial charge in [-0.05, 0) is 53.6 Å². The number of aromatic nitrogens is 2. The molecular formula is C25H16ClF2N3OS. The molecule has 0 radical (unpaired) electrons. The first-order chi connectivity index (χ1) is 16.1. The summed E-state index contributed by atoms with van der Waals surface area (Å²) in [6.07, 6.45) is 1.49. The van der Waals surface area contributed by atoms with E-state index >= 15 is 0 Å². The topological polar surface area (TPSA) is 47.0 Å². The van der Waals surface area contributed by atoms with E-state index in [2.05, 4.69) is 15.3 Å². The highest BCUT2D eigenvalue weighted by Crippen LogP contribution is 2.37. The molecule has 0 unspecified atom stereocenters. The molecule has 8 heteroatoms. The second-order valence-electron chi connectivity index (χ2n) is 7.25. The number of halogens is 3. The molecule has 0 aliphatic carbocycles. The lowest BCUT2D eigenvalue weighted by atomic mass is 10.1. The monoisotopic (exact) mass is 479 g/mol. The van der Waals surface area contributed by atoms with Crippen molar-refractivity contribution in [3.63, 3.8) is 0 Å². The lowest BCUT2D eigenvalue weighted by Crippen LogP contribution is -1.98. The van der Waals surface area contributed by atoms with Gasteiger partial charge in [0.2, 0.25) is 0 Å². The third-order valence-electron chi connectivity index (χ3n) is 4.99. The van der Waals surface area contributed by atoms with E-state index in [9.17, 15) is 8.78 Å². The van der Waals surface area contributed by atoms with Crippen LogP contribution in [-0.2, 0) is 6.61 Å². The molecule has 5 aromatic rings. The van der Waals surface area contributed by atoms with Gasteiger partial charge in [-0.15, -0.1) is 11.3 Å². The number of benzene rings is 3. The highest BCUT2D eigenvalue weighted by atomic mass is 35.5. The van der Waals surface area contributed by atoms with Gasteiger partial charge >= 0.3 is 0 Å². The molecular weight excluding hydrogens is 464 g/mol. The molecule has 3 aromatic carbocycles. The van der Waals surface area contributed by atoms with Gasteiger partial charge < -0.3 is 10.1 Å². The van der Waals surface area contributed by atoms with E-state index < -0.39 is 0 Å². The van der Waals surface area contributed by atoms with Crippen molar-refractivity contribution in [3.05, 3.63) is 101 Å². The lowest BCUT2D eigenvalue weighted by Gasteiger charge is -2.11. The Morgan fingerprint density at radius 3 is 2.58 bits per heavy atom. The summed E-state index contributed by atoms with van der Waals surface area (Å²) in [7, 11) is 0. The van der Waals surface area contributed by atoms with E-state index in [0.717, 1.165) is 27.0 Å². The largest absolute Gasteiger partial charge is 0.487 e. The number of fused-ring (bicyclic) bond motifs is 1. The third kappa shape index (κ3) is 4.65. The van der Waals surface area contributed by atoms with E-state index in [1.807, 2.05) is 11.4 Å². The maximum absolute atomic E-state index is 13.3. The number of rotatable bonds is 6.